The highest BCUT2D eigenvalue weighted by Crippen LogP contribution is 2.20. The fourth-order valence-electron chi connectivity index (χ4n) is 2.26. The molecule has 23 heavy (non-hydrogen) atoms. The van der Waals surface area contributed by atoms with Crippen LogP contribution in [-0.2, 0) is 14.4 Å². The van der Waals surface area contributed by atoms with Crippen molar-refractivity contribution in [2.75, 3.05) is 0 Å². The fourth-order valence-corrected chi connectivity index (χ4v) is 2.38. The van der Waals surface area contributed by atoms with Crippen LogP contribution in [0.1, 0.15) is 31.7 Å². The number of nitrogens with one attached hydrogen (secondary N) is 2. The summed E-state index contributed by atoms with van der Waals surface area (Å²) in [5.41, 5.74) is 1.56. The van der Waals surface area contributed by atoms with E-state index in [1.54, 1.807) is 19.1 Å². The van der Waals surface area contributed by atoms with E-state index in [0.717, 1.165) is 18.4 Å². The van der Waals surface area contributed by atoms with Crippen LogP contribution in [0.4, 0.5) is 0 Å². The van der Waals surface area contributed by atoms with Gasteiger partial charge in [0.15, 0.2) is 0 Å². The molecular weight excluding hydrogens is 318 g/mol. The van der Waals surface area contributed by atoms with E-state index in [4.69, 9.17) is 16.4 Å². The molecule has 2 atom stereocenters. The molecule has 1 heterocycles. The Kier molecular flexibility index (Phi) is 4.52. The van der Waals surface area contributed by atoms with E-state index in [1.165, 1.54) is 0 Å². The molecule has 1 aliphatic carbocycles. The fraction of sp³-hybridized carbons (Fsp3) is 0.438. The third-order valence-electron chi connectivity index (χ3n) is 3.81. The van der Waals surface area contributed by atoms with Crippen LogP contribution in [0.15, 0.2) is 29.4 Å². The molecule has 0 bridgehead atoms. The lowest BCUT2D eigenvalue weighted by atomic mass is 10.0. The van der Waals surface area contributed by atoms with E-state index in [9.17, 15) is 9.59 Å². The highest BCUT2D eigenvalue weighted by atomic mass is 35.5. The second-order valence-corrected chi connectivity index (χ2v) is 6.29. The summed E-state index contributed by atoms with van der Waals surface area (Å²) in [4.78, 5) is 29.2. The van der Waals surface area contributed by atoms with Gasteiger partial charge in [-0.1, -0.05) is 28.9 Å². The molecule has 2 aliphatic rings. The molecule has 0 saturated heterocycles. The normalized spacial score (nSPS) is 21.1. The highest BCUT2D eigenvalue weighted by molar-refractivity contribution is 6.30. The lowest BCUT2D eigenvalue weighted by molar-refractivity contribution is -0.135. The maximum absolute atomic E-state index is 12.2. The summed E-state index contributed by atoms with van der Waals surface area (Å²) in [5.74, 6) is -0.506. The monoisotopic (exact) mass is 335 g/mol. The van der Waals surface area contributed by atoms with Gasteiger partial charge in [0.05, 0.1) is 5.71 Å². The van der Waals surface area contributed by atoms with Gasteiger partial charge in [0.25, 0.3) is 5.91 Å². The van der Waals surface area contributed by atoms with Crippen molar-refractivity contribution >= 4 is 29.1 Å². The Bertz CT molecular complexity index is 640. The molecule has 3 rings (SSSR count). The van der Waals surface area contributed by atoms with Crippen molar-refractivity contribution < 1.29 is 14.4 Å². The summed E-state index contributed by atoms with van der Waals surface area (Å²) in [6.07, 6.45) is 1.67. The van der Waals surface area contributed by atoms with Crippen LogP contribution < -0.4 is 10.6 Å². The number of hydrogen-bond acceptors (Lipinski definition) is 4. The smallest absolute Gasteiger partial charge is 0.264 e. The van der Waals surface area contributed by atoms with Gasteiger partial charge in [-0.15, -0.1) is 0 Å². The van der Waals surface area contributed by atoms with Crippen LogP contribution in [-0.4, -0.2) is 35.7 Å². The number of hydrogen-bond donors (Lipinski definition) is 2. The van der Waals surface area contributed by atoms with Crippen LogP contribution >= 0.6 is 11.6 Å². The van der Waals surface area contributed by atoms with Crippen molar-refractivity contribution in [3.63, 3.8) is 0 Å². The van der Waals surface area contributed by atoms with Gasteiger partial charge < -0.3 is 15.5 Å². The Hall–Kier alpha value is -2.08. The topological polar surface area (TPSA) is 79.8 Å². The Labute approximate surface area is 139 Å². The SMILES string of the molecule is C[C@H](NC(=O)[C@@H]1CC(c2ccc(Cl)cc2)=NO1)C(=O)NC1CC1. The molecule has 2 N–H and O–H groups in total. The first kappa shape index (κ1) is 15.8. The highest BCUT2D eigenvalue weighted by Gasteiger charge is 2.32. The second-order valence-electron chi connectivity index (χ2n) is 5.86. The van der Waals surface area contributed by atoms with Gasteiger partial charge in [0.2, 0.25) is 12.0 Å². The van der Waals surface area contributed by atoms with Gasteiger partial charge in [0.1, 0.15) is 6.04 Å². The molecule has 1 aliphatic heterocycles. The zero-order valence-electron chi connectivity index (χ0n) is 12.7. The molecule has 0 spiro atoms. The van der Waals surface area contributed by atoms with Crippen LogP contribution in [0, 0.1) is 0 Å². The first-order valence-corrected chi connectivity index (χ1v) is 8.00. The largest absolute Gasteiger partial charge is 0.382 e. The molecule has 7 heteroatoms. The zero-order chi connectivity index (χ0) is 16.4. The first-order chi connectivity index (χ1) is 11.0. The molecular formula is C16H18ClN3O3. The minimum Gasteiger partial charge on any atom is -0.382 e. The summed E-state index contributed by atoms with van der Waals surface area (Å²) in [6.45, 7) is 1.66. The molecule has 6 nitrogen and oxygen atoms in total. The molecule has 1 fully saturated rings. The third-order valence-corrected chi connectivity index (χ3v) is 4.07. The number of oxime groups is 1. The Morgan fingerprint density at radius 2 is 2.00 bits per heavy atom. The zero-order valence-corrected chi connectivity index (χ0v) is 13.5. The van der Waals surface area contributed by atoms with Gasteiger partial charge >= 0.3 is 0 Å². The Balaban J connectivity index is 1.51. The van der Waals surface area contributed by atoms with Gasteiger partial charge in [-0.3, -0.25) is 9.59 Å². The first-order valence-electron chi connectivity index (χ1n) is 7.62. The maximum atomic E-state index is 12.2. The van der Waals surface area contributed by atoms with Gasteiger partial charge in [0, 0.05) is 17.5 Å². The molecule has 0 aromatic heterocycles. The van der Waals surface area contributed by atoms with Crippen molar-refractivity contribution in [1.82, 2.24) is 10.6 Å². The van der Waals surface area contributed by atoms with Crippen LogP contribution in [0.3, 0.4) is 0 Å². The van der Waals surface area contributed by atoms with Crippen molar-refractivity contribution in [2.45, 2.75) is 44.4 Å². The predicted molar refractivity (Wildman–Crippen MR) is 86.2 cm³/mol. The molecule has 1 saturated carbocycles. The molecule has 0 unspecified atom stereocenters. The average molecular weight is 336 g/mol. The summed E-state index contributed by atoms with van der Waals surface area (Å²) in [6, 6.07) is 6.86. The number of halogens is 1. The minimum atomic E-state index is -0.711. The van der Waals surface area contributed by atoms with Gasteiger partial charge in [-0.2, -0.15) is 0 Å². The van der Waals surface area contributed by atoms with Gasteiger partial charge in [-0.25, -0.2) is 0 Å². The number of carbonyl (C=O) groups is 2. The average Bonchev–Trinajstić information content (AvgIpc) is 3.20. The Morgan fingerprint density at radius 3 is 2.65 bits per heavy atom. The van der Waals surface area contributed by atoms with Crippen molar-refractivity contribution in [3.8, 4) is 0 Å². The van der Waals surface area contributed by atoms with E-state index < -0.39 is 12.1 Å². The van der Waals surface area contributed by atoms with Crippen LogP contribution in [0.25, 0.3) is 0 Å². The summed E-state index contributed by atoms with van der Waals surface area (Å²) in [5, 5.41) is 10.1. The molecule has 122 valence electrons. The second kappa shape index (κ2) is 6.58. The van der Waals surface area contributed by atoms with E-state index in [1.807, 2.05) is 12.1 Å². The van der Waals surface area contributed by atoms with E-state index >= 15 is 0 Å². The number of nitrogens with zero attached hydrogens (tertiary/aromatic N) is 1. The summed E-state index contributed by atoms with van der Waals surface area (Å²) < 4.78 is 0. The number of carbonyl (C=O) groups excluding carboxylic acids is 2. The maximum Gasteiger partial charge on any atom is 0.264 e. The number of amides is 2. The lowest BCUT2D eigenvalue weighted by Gasteiger charge is -2.15. The molecule has 1 aromatic carbocycles. The van der Waals surface area contributed by atoms with E-state index in [0.29, 0.717) is 17.2 Å². The number of benzene rings is 1. The number of rotatable bonds is 5. The van der Waals surface area contributed by atoms with Crippen molar-refractivity contribution in [3.05, 3.63) is 34.9 Å². The molecule has 2 amide bonds. The summed E-state index contributed by atoms with van der Waals surface area (Å²) >= 11 is 5.85. The summed E-state index contributed by atoms with van der Waals surface area (Å²) in [7, 11) is 0. The van der Waals surface area contributed by atoms with E-state index in [2.05, 4.69) is 15.8 Å². The van der Waals surface area contributed by atoms with Crippen LogP contribution in [0.2, 0.25) is 5.02 Å². The Morgan fingerprint density at radius 1 is 1.30 bits per heavy atom. The van der Waals surface area contributed by atoms with Crippen LogP contribution in [0.5, 0.6) is 0 Å². The minimum absolute atomic E-state index is 0.169. The van der Waals surface area contributed by atoms with E-state index in [-0.39, 0.29) is 17.9 Å². The standard InChI is InChI=1S/C16H18ClN3O3/c1-9(15(21)19-12-6-7-12)18-16(22)14-8-13(20-23-14)10-2-4-11(17)5-3-10/h2-5,9,12,14H,6-8H2,1H3,(H,18,22)(H,19,21)/t9-,14-/m0/s1. The predicted octanol–water partition coefficient (Wildman–Crippen LogP) is 1.62. The third kappa shape index (κ3) is 4.01. The lowest BCUT2D eigenvalue weighted by Crippen LogP contribution is -2.48. The molecule has 1 aromatic rings. The quantitative estimate of drug-likeness (QED) is 0.858. The van der Waals surface area contributed by atoms with Gasteiger partial charge in [-0.05, 0) is 37.5 Å². The van der Waals surface area contributed by atoms with Crippen molar-refractivity contribution in [2.24, 2.45) is 5.16 Å². The molecule has 0 radical (unpaired) electrons. The van der Waals surface area contributed by atoms with Crippen molar-refractivity contribution in [1.29, 1.82) is 0 Å².